The average Bonchev–Trinajstić information content (AvgIpc) is 2.55. The highest BCUT2D eigenvalue weighted by Gasteiger charge is 2.27. The molecule has 6 heteroatoms. The highest BCUT2D eigenvalue weighted by molar-refractivity contribution is 7.89. The normalized spacial score (nSPS) is 18.8. The molecular weight excluding hydrogens is 268 g/mol. The van der Waals surface area contributed by atoms with Gasteiger partial charge >= 0.3 is 0 Å². The third-order valence-corrected chi connectivity index (χ3v) is 6.53. The third-order valence-electron chi connectivity index (χ3n) is 3.31. The fourth-order valence-electron chi connectivity index (χ4n) is 2.30. The minimum absolute atomic E-state index is 0.404. The monoisotopic (exact) mass is 288 g/mol. The summed E-state index contributed by atoms with van der Waals surface area (Å²) in [6.45, 7) is 3.56. The van der Waals surface area contributed by atoms with Crippen molar-refractivity contribution in [2.24, 2.45) is 5.73 Å². The maximum atomic E-state index is 12.6. The summed E-state index contributed by atoms with van der Waals surface area (Å²) in [5.74, 6) is 0. The second kappa shape index (κ2) is 5.69. The van der Waals surface area contributed by atoms with Gasteiger partial charge in [0.1, 0.15) is 0 Å². The fourth-order valence-corrected chi connectivity index (χ4v) is 5.30. The van der Waals surface area contributed by atoms with E-state index < -0.39 is 10.0 Å². The molecule has 0 spiro atoms. The number of nitrogens with zero attached hydrogens (tertiary/aromatic N) is 1. The first kappa shape index (κ1) is 14.0. The molecule has 4 nitrogen and oxygen atoms in total. The molecule has 18 heavy (non-hydrogen) atoms. The number of thiophene rings is 1. The maximum Gasteiger partial charge on any atom is 0.244 e. The number of aryl methyl sites for hydroxylation is 1. The quantitative estimate of drug-likeness (QED) is 0.926. The standard InChI is InChI=1S/C12H20N2O2S2/c1-10-12(8-11(9-13)17-10)18(15,16)14-6-4-2-3-5-7-14/h8H,2-7,9,13H2,1H3. The van der Waals surface area contributed by atoms with Gasteiger partial charge in [0, 0.05) is 29.4 Å². The van der Waals surface area contributed by atoms with Crippen LogP contribution in [0, 0.1) is 6.92 Å². The Bertz CT molecular complexity index is 500. The Kier molecular flexibility index (Phi) is 4.42. The van der Waals surface area contributed by atoms with E-state index in [1.165, 1.54) is 11.3 Å². The SMILES string of the molecule is Cc1sc(CN)cc1S(=O)(=O)N1CCCCCC1. The van der Waals surface area contributed by atoms with Crippen LogP contribution in [0.1, 0.15) is 35.4 Å². The summed E-state index contributed by atoms with van der Waals surface area (Å²) in [6.07, 6.45) is 4.18. The number of hydrogen-bond donors (Lipinski definition) is 1. The van der Waals surface area contributed by atoms with Gasteiger partial charge in [-0.15, -0.1) is 11.3 Å². The molecule has 0 bridgehead atoms. The zero-order chi connectivity index (χ0) is 13.2. The Hall–Kier alpha value is -0.430. The van der Waals surface area contributed by atoms with Crippen molar-refractivity contribution in [2.45, 2.75) is 44.0 Å². The molecule has 1 aliphatic heterocycles. The largest absolute Gasteiger partial charge is 0.326 e. The number of hydrogen-bond acceptors (Lipinski definition) is 4. The molecule has 0 atom stereocenters. The van der Waals surface area contributed by atoms with Crippen LogP contribution in [0.2, 0.25) is 0 Å². The summed E-state index contributed by atoms with van der Waals surface area (Å²) in [7, 11) is -3.32. The van der Waals surface area contributed by atoms with Crippen LogP contribution < -0.4 is 5.73 Å². The molecule has 2 N–H and O–H groups in total. The Balaban J connectivity index is 2.31. The van der Waals surface area contributed by atoms with Gasteiger partial charge in [-0.1, -0.05) is 12.8 Å². The Morgan fingerprint density at radius 3 is 2.39 bits per heavy atom. The Morgan fingerprint density at radius 1 is 1.28 bits per heavy atom. The summed E-state index contributed by atoms with van der Waals surface area (Å²) in [5, 5.41) is 0. The van der Waals surface area contributed by atoms with Crippen LogP contribution in [0.15, 0.2) is 11.0 Å². The van der Waals surface area contributed by atoms with E-state index in [0.29, 0.717) is 24.5 Å². The van der Waals surface area contributed by atoms with E-state index in [-0.39, 0.29) is 0 Å². The second-order valence-corrected chi connectivity index (χ2v) is 7.90. The second-order valence-electron chi connectivity index (χ2n) is 4.66. The molecule has 0 aliphatic carbocycles. The van der Waals surface area contributed by atoms with Gasteiger partial charge in [-0.2, -0.15) is 4.31 Å². The van der Waals surface area contributed by atoms with Gasteiger partial charge in [0.05, 0.1) is 4.90 Å². The minimum atomic E-state index is -3.32. The maximum absolute atomic E-state index is 12.6. The summed E-state index contributed by atoms with van der Waals surface area (Å²) in [4.78, 5) is 2.23. The summed E-state index contributed by atoms with van der Waals surface area (Å²) in [6, 6.07) is 1.74. The van der Waals surface area contributed by atoms with E-state index >= 15 is 0 Å². The molecule has 0 unspecified atom stereocenters. The molecule has 1 aliphatic rings. The van der Waals surface area contributed by atoms with Crippen molar-refractivity contribution >= 4 is 21.4 Å². The van der Waals surface area contributed by atoms with Crippen LogP contribution in [0.3, 0.4) is 0 Å². The lowest BCUT2D eigenvalue weighted by molar-refractivity contribution is 0.423. The highest BCUT2D eigenvalue weighted by atomic mass is 32.2. The van der Waals surface area contributed by atoms with Gasteiger partial charge in [0.25, 0.3) is 0 Å². The molecule has 1 saturated heterocycles. The molecule has 0 radical (unpaired) electrons. The van der Waals surface area contributed by atoms with E-state index in [9.17, 15) is 8.42 Å². The van der Waals surface area contributed by atoms with Crippen molar-refractivity contribution in [1.29, 1.82) is 0 Å². The number of rotatable bonds is 3. The average molecular weight is 288 g/mol. The molecule has 1 aromatic heterocycles. The van der Waals surface area contributed by atoms with Crippen LogP contribution in [-0.4, -0.2) is 25.8 Å². The fraction of sp³-hybridized carbons (Fsp3) is 0.667. The van der Waals surface area contributed by atoms with E-state index in [4.69, 9.17) is 5.73 Å². The van der Waals surface area contributed by atoms with Gasteiger partial charge in [-0.3, -0.25) is 0 Å². The van der Waals surface area contributed by atoms with E-state index in [1.54, 1.807) is 10.4 Å². The Labute approximate surface area is 113 Å². The van der Waals surface area contributed by atoms with Crippen molar-refractivity contribution < 1.29 is 8.42 Å². The molecule has 102 valence electrons. The van der Waals surface area contributed by atoms with Crippen LogP contribution >= 0.6 is 11.3 Å². The lowest BCUT2D eigenvalue weighted by atomic mass is 10.2. The molecule has 0 amide bonds. The molecule has 1 aromatic rings. The highest BCUT2D eigenvalue weighted by Crippen LogP contribution is 2.29. The predicted molar refractivity (Wildman–Crippen MR) is 74.2 cm³/mol. The molecule has 2 heterocycles. The molecule has 0 saturated carbocycles. The van der Waals surface area contributed by atoms with Gasteiger partial charge in [0.2, 0.25) is 10.0 Å². The molecule has 2 rings (SSSR count). The zero-order valence-electron chi connectivity index (χ0n) is 10.7. The van der Waals surface area contributed by atoms with Gasteiger partial charge < -0.3 is 5.73 Å². The smallest absolute Gasteiger partial charge is 0.244 e. The van der Waals surface area contributed by atoms with Crippen molar-refractivity contribution in [3.05, 3.63) is 15.8 Å². The van der Waals surface area contributed by atoms with E-state index in [1.807, 2.05) is 6.92 Å². The molecular formula is C12H20N2O2S2. The lowest BCUT2D eigenvalue weighted by Crippen LogP contribution is -2.32. The van der Waals surface area contributed by atoms with Crippen LogP contribution in [0.25, 0.3) is 0 Å². The Morgan fingerprint density at radius 2 is 1.89 bits per heavy atom. The first-order chi connectivity index (χ1) is 8.55. The molecule has 1 fully saturated rings. The van der Waals surface area contributed by atoms with Crippen molar-refractivity contribution in [3.63, 3.8) is 0 Å². The lowest BCUT2D eigenvalue weighted by Gasteiger charge is -2.19. The van der Waals surface area contributed by atoms with Crippen LogP contribution in [0.4, 0.5) is 0 Å². The van der Waals surface area contributed by atoms with Crippen molar-refractivity contribution in [2.75, 3.05) is 13.1 Å². The first-order valence-corrected chi connectivity index (χ1v) is 8.61. The third kappa shape index (κ3) is 2.77. The summed E-state index contributed by atoms with van der Waals surface area (Å²) in [5.41, 5.74) is 5.58. The first-order valence-electron chi connectivity index (χ1n) is 6.35. The van der Waals surface area contributed by atoms with E-state index in [2.05, 4.69) is 0 Å². The van der Waals surface area contributed by atoms with Gasteiger partial charge in [-0.25, -0.2) is 8.42 Å². The summed E-state index contributed by atoms with van der Waals surface area (Å²) >= 11 is 1.48. The summed E-state index contributed by atoms with van der Waals surface area (Å²) < 4.78 is 26.8. The predicted octanol–water partition coefficient (Wildman–Crippen LogP) is 2.08. The van der Waals surface area contributed by atoms with Crippen LogP contribution in [0.5, 0.6) is 0 Å². The minimum Gasteiger partial charge on any atom is -0.326 e. The zero-order valence-corrected chi connectivity index (χ0v) is 12.3. The van der Waals surface area contributed by atoms with Gasteiger partial charge in [0.15, 0.2) is 0 Å². The van der Waals surface area contributed by atoms with Crippen LogP contribution in [-0.2, 0) is 16.6 Å². The van der Waals surface area contributed by atoms with Crippen molar-refractivity contribution in [3.8, 4) is 0 Å². The number of sulfonamides is 1. The van der Waals surface area contributed by atoms with Gasteiger partial charge in [-0.05, 0) is 25.8 Å². The number of nitrogens with two attached hydrogens (primary N) is 1. The molecule has 0 aromatic carbocycles. The van der Waals surface area contributed by atoms with E-state index in [0.717, 1.165) is 35.4 Å². The van der Waals surface area contributed by atoms with Crippen molar-refractivity contribution in [1.82, 2.24) is 4.31 Å². The topological polar surface area (TPSA) is 63.4 Å².